The summed E-state index contributed by atoms with van der Waals surface area (Å²) in [5.41, 5.74) is 2.86. The van der Waals surface area contributed by atoms with Gasteiger partial charge < -0.3 is 4.90 Å². The third kappa shape index (κ3) is 2.15. The molecular weight excluding hydrogens is 284 g/mol. The quantitative estimate of drug-likeness (QED) is 0.795. The van der Waals surface area contributed by atoms with E-state index in [-0.39, 0.29) is 23.8 Å². The minimum Gasteiger partial charge on any atom is -0.353 e. The van der Waals surface area contributed by atoms with Gasteiger partial charge in [0, 0.05) is 11.3 Å². The van der Waals surface area contributed by atoms with Gasteiger partial charge in [-0.05, 0) is 18.1 Å². The number of hydrogen-bond donors (Lipinski definition) is 0. The number of benzene rings is 2. The lowest BCUT2D eigenvalue weighted by Gasteiger charge is -2.34. The molecule has 2 aromatic rings. The molecular formula is C20H16N2O. The summed E-state index contributed by atoms with van der Waals surface area (Å²) in [5, 5.41) is 9.50. The van der Waals surface area contributed by atoms with E-state index in [1.54, 1.807) is 0 Å². The monoisotopic (exact) mass is 300 g/mol. The number of anilines is 1. The van der Waals surface area contributed by atoms with Gasteiger partial charge in [0.2, 0.25) is 0 Å². The minimum absolute atomic E-state index is 0.0208. The van der Waals surface area contributed by atoms with Crippen LogP contribution < -0.4 is 4.90 Å². The van der Waals surface area contributed by atoms with Crippen LogP contribution in [-0.2, 0) is 0 Å². The average molecular weight is 300 g/mol. The van der Waals surface area contributed by atoms with E-state index >= 15 is 0 Å². The lowest BCUT2D eigenvalue weighted by atomic mass is 9.96. The number of carbonyl (C=O) groups is 1. The van der Waals surface area contributed by atoms with Crippen LogP contribution in [0, 0.1) is 17.2 Å². The Kier molecular flexibility index (Phi) is 3.24. The number of rotatable bonds is 2. The van der Waals surface area contributed by atoms with Crippen molar-refractivity contribution in [2.45, 2.75) is 18.5 Å². The molecule has 3 nitrogen and oxygen atoms in total. The second kappa shape index (κ2) is 5.40. The molecule has 2 aliphatic rings. The molecule has 0 radical (unpaired) electrons. The van der Waals surface area contributed by atoms with Gasteiger partial charge >= 0.3 is 0 Å². The summed E-state index contributed by atoms with van der Waals surface area (Å²) < 4.78 is 0. The lowest BCUT2D eigenvalue weighted by Crippen LogP contribution is -2.42. The van der Waals surface area contributed by atoms with Gasteiger partial charge in [-0.2, -0.15) is 5.26 Å². The van der Waals surface area contributed by atoms with Crippen LogP contribution in [0.1, 0.15) is 22.3 Å². The maximum absolute atomic E-state index is 13.0. The smallest absolute Gasteiger partial charge is 0.185 e. The van der Waals surface area contributed by atoms with Crippen LogP contribution in [0.25, 0.3) is 6.08 Å². The number of fused-ring (bicyclic) bond motifs is 3. The highest BCUT2D eigenvalue weighted by molar-refractivity contribution is 6.03. The Morgan fingerprint density at radius 2 is 1.83 bits per heavy atom. The number of nitrogens with zero attached hydrogens (tertiary/aromatic N) is 2. The van der Waals surface area contributed by atoms with Crippen LogP contribution in [0.15, 0.2) is 60.7 Å². The first-order valence-corrected chi connectivity index (χ1v) is 7.84. The molecule has 0 amide bonds. The van der Waals surface area contributed by atoms with Gasteiger partial charge in [0.15, 0.2) is 5.78 Å². The number of carbonyl (C=O) groups excluding carboxylic acids is 1. The van der Waals surface area contributed by atoms with Crippen molar-refractivity contribution < 1.29 is 4.79 Å². The van der Waals surface area contributed by atoms with E-state index < -0.39 is 0 Å². The standard InChI is InChI=1S/C20H16N2O/c21-13-16-12-19(20(23)15-7-2-1-3-8-15)22-17-9-5-4-6-14(17)10-11-18(16)22/h1-11,16,18-19H,12H2/t16-,18-,19+/m0/s1. The molecule has 3 atom stereocenters. The summed E-state index contributed by atoms with van der Waals surface area (Å²) >= 11 is 0. The molecule has 3 heteroatoms. The fourth-order valence-corrected chi connectivity index (χ4v) is 3.67. The molecule has 0 aliphatic carbocycles. The summed E-state index contributed by atoms with van der Waals surface area (Å²) in [6.45, 7) is 0. The molecule has 0 spiro atoms. The SMILES string of the molecule is N#C[C@@H]1C[C@H](C(=O)c2ccccc2)N2c3ccccc3C=C[C@@H]12. The van der Waals surface area contributed by atoms with Crippen molar-refractivity contribution in [3.8, 4) is 6.07 Å². The Labute approximate surface area is 135 Å². The van der Waals surface area contributed by atoms with Gasteiger partial charge in [0.05, 0.1) is 24.1 Å². The third-order valence-corrected chi connectivity index (χ3v) is 4.76. The van der Waals surface area contributed by atoms with Crippen LogP contribution in [0.3, 0.4) is 0 Å². The fraction of sp³-hybridized carbons (Fsp3) is 0.200. The van der Waals surface area contributed by atoms with E-state index in [2.05, 4.69) is 23.1 Å². The third-order valence-electron chi connectivity index (χ3n) is 4.76. The molecule has 0 aromatic heterocycles. The molecule has 0 N–H and O–H groups in total. The van der Waals surface area contributed by atoms with Gasteiger partial charge in [0.1, 0.15) is 0 Å². The molecule has 112 valence electrons. The Morgan fingerprint density at radius 1 is 1.09 bits per heavy atom. The predicted octanol–water partition coefficient (Wildman–Crippen LogP) is 3.68. The zero-order valence-electron chi connectivity index (χ0n) is 12.6. The largest absolute Gasteiger partial charge is 0.353 e. The van der Waals surface area contributed by atoms with Crippen molar-refractivity contribution >= 4 is 17.5 Å². The molecule has 0 saturated carbocycles. The van der Waals surface area contributed by atoms with Gasteiger partial charge in [-0.15, -0.1) is 0 Å². The molecule has 2 aromatic carbocycles. The Morgan fingerprint density at radius 3 is 2.61 bits per heavy atom. The highest BCUT2D eigenvalue weighted by atomic mass is 16.1. The summed E-state index contributed by atoms with van der Waals surface area (Å²) in [6, 6.07) is 19.5. The minimum atomic E-state index is -0.279. The van der Waals surface area contributed by atoms with Crippen molar-refractivity contribution in [3.63, 3.8) is 0 Å². The molecule has 0 unspecified atom stereocenters. The van der Waals surface area contributed by atoms with Crippen LogP contribution in [0.5, 0.6) is 0 Å². The van der Waals surface area contributed by atoms with Gasteiger partial charge in [-0.25, -0.2) is 0 Å². The van der Waals surface area contributed by atoms with Crippen LogP contribution in [0.4, 0.5) is 5.69 Å². The molecule has 2 aliphatic heterocycles. The number of hydrogen-bond acceptors (Lipinski definition) is 3. The number of nitriles is 1. The second-order valence-electron chi connectivity index (χ2n) is 6.03. The molecule has 2 heterocycles. The maximum Gasteiger partial charge on any atom is 0.185 e. The Bertz CT molecular complexity index is 819. The normalized spacial score (nSPS) is 24.7. The highest BCUT2D eigenvalue weighted by Crippen LogP contribution is 2.41. The Hall–Kier alpha value is -2.86. The van der Waals surface area contributed by atoms with Crippen LogP contribution in [0.2, 0.25) is 0 Å². The summed E-state index contributed by atoms with van der Waals surface area (Å²) in [7, 11) is 0. The zero-order valence-corrected chi connectivity index (χ0v) is 12.6. The van der Waals surface area contributed by atoms with Crippen molar-refractivity contribution in [1.29, 1.82) is 5.26 Å². The fourth-order valence-electron chi connectivity index (χ4n) is 3.67. The first kappa shape index (κ1) is 13.8. The summed E-state index contributed by atoms with van der Waals surface area (Å²) in [6.07, 6.45) is 4.71. The number of Topliss-reactive ketones (excluding diaryl/α,β-unsaturated/α-hetero) is 1. The molecule has 1 saturated heterocycles. The second-order valence-corrected chi connectivity index (χ2v) is 6.03. The average Bonchev–Trinajstić information content (AvgIpc) is 3.01. The maximum atomic E-state index is 13.0. The van der Waals surface area contributed by atoms with Crippen molar-refractivity contribution in [3.05, 3.63) is 71.8 Å². The van der Waals surface area contributed by atoms with E-state index in [0.29, 0.717) is 12.0 Å². The van der Waals surface area contributed by atoms with Crippen molar-refractivity contribution in [2.75, 3.05) is 4.90 Å². The predicted molar refractivity (Wildman–Crippen MR) is 90.0 cm³/mol. The van der Waals surface area contributed by atoms with Crippen LogP contribution >= 0.6 is 0 Å². The molecule has 23 heavy (non-hydrogen) atoms. The van der Waals surface area contributed by atoms with Gasteiger partial charge in [0.25, 0.3) is 0 Å². The first-order valence-electron chi connectivity index (χ1n) is 7.84. The topological polar surface area (TPSA) is 44.1 Å². The van der Waals surface area contributed by atoms with Crippen LogP contribution in [-0.4, -0.2) is 17.9 Å². The van der Waals surface area contributed by atoms with Gasteiger partial charge in [-0.1, -0.05) is 60.7 Å². The zero-order chi connectivity index (χ0) is 15.8. The molecule has 4 rings (SSSR count). The lowest BCUT2D eigenvalue weighted by molar-refractivity contribution is 0.0961. The first-order chi connectivity index (χ1) is 11.3. The molecule has 1 fully saturated rings. The summed E-state index contributed by atoms with van der Waals surface area (Å²) in [5.74, 6) is -0.0595. The van der Waals surface area contributed by atoms with Crippen molar-refractivity contribution in [2.24, 2.45) is 5.92 Å². The molecule has 0 bridgehead atoms. The van der Waals surface area contributed by atoms with E-state index in [0.717, 1.165) is 11.3 Å². The van der Waals surface area contributed by atoms with E-state index in [1.165, 1.54) is 0 Å². The Balaban J connectivity index is 1.78. The van der Waals surface area contributed by atoms with Gasteiger partial charge in [-0.3, -0.25) is 4.79 Å². The van der Waals surface area contributed by atoms with Crippen molar-refractivity contribution in [1.82, 2.24) is 0 Å². The highest BCUT2D eigenvalue weighted by Gasteiger charge is 2.45. The van der Waals surface area contributed by atoms with E-state index in [4.69, 9.17) is 0 Å². The summed E-state index contributed by atoms with van der Waals surface area (Å²) in [4.78, 5) is 15.1. The van der Waals surface area contributed by atoms with E-state index in [1.807, 2.05) is 54.6 Å². The number of para-hydroxylation sites is 1. The van der Waals surface area contributed by atoms with E-state index in [9.17, 15) is 10.1 Å². The number of ketones is 1.